The van der Waals surface area contributed by atoms with Crippen molar-refractivity contribution in [3.05, 3.63) is 35.7 Å². The zero-order chi connectivity index (χ0) is 21.9. The normalized spacial score (nSPS) is 21.1. The van der Waals surface area contributed by atoms with Gasteiger partial charge in [-0.2, -0.15) is 0 Å². The highest BCUT2D eigenvalue weighted by atomic mass is 19.1. The first-order valence-corrected chi connectivity index (χ1v) is 10.2. The summed E-state index contributed by atoms with van der Waals surface area (Å²) in [5.74, 6) is 0.163. The molecule has 3 aromatic rings. The molecule has 0 spiro atoms. The van der Waals surface area contributed by atoms with Gasteiger partial charge in [-0.3, -0.25) is 9.88 Å². The summed E-state index contributed by atoms with van der Waals surface area (Å²) < 4.78 is 23.5. The Labute approximate surface area is 177 Å². The third-order valence-electron chi connectivity index (χ3n) is 5.67. The van der Waals surface area contributed by atoms with Crippen molar-refractivity contribution in [1.29, 1.82) is 0 Å². The highest BCUT2D eigenvalue weighted by Gasteiger charge is 2.32. The van der Waals surface area contributed by atoms with Crippen molar-refractivity contribution in [3.8, 4) is 11.1 Å². The Morgan fingerprint density at radius 1 is 1.32 bits per heavy atom. The smallest absolute Gasteiger partial charge is 0.323 e. The van der Waals surface area contributed by atoms with Gasteiger partial charge in [0.25, 0.3) is 0 Å². The number of carbonyl (C=O) groups is 1. The Morgan fingerprint density at radius 2 is 2.06 bits per heavy atom. The second kappa shape index (κ2) is 6.96. The van der Waals surface area contributed by atoms with Gasteiger partial charge in [0.2, 0.25) is 5.95 Å². The summed E-state index contributed by atoms with van der Waals surface area (Å²) in [6, 6.07) is 1.34. The standard InChI is InChI=1S/C21H23FN6O3/c1-10-25-20(29)27-19-26-17-13(28(10)19)7-12(16(22)15(17)14-5-4-6-31-14)11-8-23-18(24-9-11)21(2,3)30/h7-10,14,30H,4-6H2,1-3H3,(H2,25,26,27,29)/t10?,14-/m1/s1. The molecule has 1 aromatic carbocycles. The molecule has 2 atom stereocenters. The van der Waals surface area contributed by atoms with E-state index in [-0.39, 0.29) is 18.0 Å². The fourth-order valence-corrected chi connectivity index (χ4v) is 4.19. The number of benzene rings is 1. The van der Waals surface area contributed by atoms with Gasteiger partial charge < -0.3 is 15.2 Å². The maximum atomic E-state index is 15.9. The minimum Gasteiger partial charge on any atom is -0.382 e. The second-order valence-electron chi connectivity index (χ2n) is 8.46. The summed E-state index contributed by atoms with van der Waals surface area (Å²) in [7, 11) is 0. The Balaban J connectivity index is 1.74. The molecule has 0 radical (unpaired) electrons. The third-order valence-corrected chi connectivity index (χ3v) is 5.67. The molecule has 5 rings (SSSR count). The van der Waals surface area contributed by atoms with Crippen LogP contribution in [0.5, 0.6) is 0 Å². The lowest BCUT2D eigenvalue weighted by atomic mass is 9.97. The van der Waals surface area contributed by atoms with Gasteiger partial charge in [-0.15, -0.1) is 0 Å². The Bertz CT molecular complexity index is 1180. The predicted octanol–water partition coefficient (Wildman–Crippen LogP) is 3.36. The molecule has 2 aromatic heterocycles. The van der Waals surface area contributed by atoms with E-state index in [9.17, 15) is 9.90 Å². The average molecular weight is 426 g/mol. The van der Waals surface area contributed by atoms with E-state index in [1.165, 1.54) is 12.4 Å². The number of hydrogen-bond donors (Lipinski definition) is 3. The lowest BCUT2D eigenvalue weighted by Gasteiger charge is -2.24. The summed E-state index contributed by atoms with van der Waals surface area (Å²) in [5, 5.41) is 15.6. The molecule has 4 heterocycles. The van der Waals surface area contributed by atoms with Crippen molar-refractivity contribution in [2.24, 2.45) is 0 Å². The molecule has 31 heavy (non-hydrogen) atoms. The molecule has 0 bridgehead atoms. The molecule has 1 unspecified atom stereocenters. The summed E-state index contributed by atoms with van der Waals surface area (Å²) in [5.41, 5.74) is 1.10. The number of ether oxygens (including phenoxy) is 1. The van der Waals surface area contributed by atoms with Crippen LogP contribution in [-0.4, -0.2) is 37.3 Å². The summed E-state index contributed by atoms with van der Waals surface area (Å²) >= 11 is 0. The number of halogens is 1. The van der Waals surface area contributed by atoms with Crippen LogP contribution < -0.4 is 10.6 Å². The van der Waals surface area contributed by atoms with Crippen LogP contribution >= 0.6 is 0 Å². The molecule has 3 N–H and O–H groups in total. The van der Waals surface area contributed by atoms with Gasteiger partial charge in [-0.25, -0.2) is 24.1 Å². The quantitative estimate of drug-likeness (QED) is 0.592. The Kier molecular flexibility index (Phi) is 4.45. The van der Waals surface area contributed by atoms with Crippen LogP contribution in [0.15, 0.2) is 18.5 Å². The van der Waals surface area contributed by atoms with Gasteiger partial charge in [0.1, 0.15) is 17.6 Å². The molecule has 10 heteroatoms. The first kappa shape index (κ1) is 19.8. The molecule has 2 aliphatic heterocycles. The van der Waals surface area contributed by atoms with E-state index in [4.69, 9.17) is 4.74 Å². The van der Waals surface area contributed by atoms with Gasteiger partial charge in [-0.05, 0) is 39.7 Å². The van der Waals surface area contributed by atoms with Crippen LogP contribution in [0.25, 0.3) is 22.2 Å². The first-order chi connectivity index (χ1) is 14.7. The minimum absolute atomic E-state index is 0.249. The van der Waals surface area contributed by atoms with E-state index < -0.39 is 17.5 Å². The van der Waals surface area contributed by atoms with Gasteiger partial charge in [-0.1, -0.05) is 0 Å². The Hall–Kier alpha value is -3.11. The van der Waals surface area contributed by atoms with Crippen LogP contribution in [-0.2, 0) is 10.3 Å². The first-order valence-electron chi connectivity index (χ1n) is 10.2. The molecule has 0 saturated carbocycles. The number of nitrogens with one attached hydrogen (secondary N) is 2. The minimum atomic E-state index is -1.20. The number of rotatable bonds is 3. The SMILES string of the molecule is CC1NC(=O)Nc2nc3c([C@H]4CCCO4)c(F)c(-c4cnc(C(C)(C)O)nc4)cc3n21. The van der Waals surface area contributed by atoms with Crippen molar-refractivity contribution in [2.75, 3.05) is 11.9 Å². The predicted molar refractivity (Wildman–Crippen MR) is 111 cm³/mol. The second-order valence-corrected chi connectivity index (χ2v) is 8.46. The van der Waals surface area contributed by atoms with Crippen molar-refractivity contribution in [3.63, 3.8) is 0 Å². The highest BCUT2D eigenvalue weighted by molar-refractivity contribution is 5.94. The molecule has 2 amide bonds. The lowest BCUT2D eigenvalue weighted by Crippen LogP contribution is -2.40. The fraction of sp³-hybridized carbons (Fsp3) is 0.429. The molecular formula is C21H23FN6O3. The van der Waals surface area contributed by atoms with Gasteiger partial charge in [0.15, 0.2) is 5.82 Å². The van der Waals surface area contributed by atoms with Crippen LogP contribution in [0.3, 0.4) is 0 Å². The van der Waals surface area contributed by atoms with Crippen molar-refractivity contribution in [1.82, 2.24) is 24.8 Å². The van der Waals surface area contributed by atoms with E-state index in [0.717, 1.165) is 6.42 Å². The monoisotopic (exact) mass is 426 g/mol. The van der Waals surface area contributed by atoms with Crippen molar-refractivity contribution < 1.29 is 19.0 Å². The van der Waals surface area contributed by atoms with E-state index >= 15 is 4.39 Å². The number of carbonyl (C=O) groups excluding carboxylic acids is 1. The Morgan fingerprint density at radius 3 is 2.71 bits per heavy atom. The highest BCUT2D eigenvalue weighted by Crippen LogP contribution is 2.41. The number of imidazole rings is 1. The van der Waals surface area contributed by atoms with Gasteiger partial charge >= 0.3 is 6.03 Å². The van der Waals surface area contributed by atoms with Crippen molar-refractivity contribution >= 4 is 23.0 Å². The number of aliphatic hydroxyl groups is 1. The number of urea groups is 1. The van der Waals surface area contributed by atoms with E-state index in [0.29, 0.717) is 46.7 Å². The van der Waals surface area contributed by atoms with E-state index in [1.54, 1.807) is 19.9 Å². The number of aromatic nitrogens is 4. The summed E-state index contributed by atoms with van der Waals surface area (Å²) in [4.78, 5) is 24.9. The van der Waals surface area contributed by atoms with E-state index in [1.807, 2.05) is 11.5 Å². The topological polar surface area (TPSA) is 114 Å². The van der Waals surface area contributed by atoms with Crippen molar-refractivity contribution in [2.45, 2.75) is 51.5 Å². The zero-order valence-corrected chi connectivity index (χ0v) is 17.4. The maximum Gasteiger partial charge on any atom is 0.323 e. The molecule has 1 saturated heterocycles. The molecule has 1 fully saturated rings. The van der Waals surface area contributed by atoms with Crippen LogP contribution in [0.4, 0.5) is 15.1 Å². The molecular weight excluding hydrogens is 403 g/mol. The number of nitrogens with zero attached hydrogens (tertiary/aromatic N) is 4. The van der Waals surface area contributed by atoms with E-state index in [2.05, 4.69) is 25.6 Å². The molecule has 162 valence electrons. The van der Waals surface area contributed by atoms with Gasteiger partial charge in [0.05, 0.1) is 17.1 Å². The van der Waals surface area contributed by atoms with Crippen LogP contribution in [0, 0.1) is 5.82 Å². The fourth-order valence-electron chi connectivity index (χ4n) is 4.19. The number of fused-ring (bicyclic) bond motifs is 3. The summed E-state index contributed by atoms with van der Waals surface area (Å²) in [6.07, 6.45) is 3.74. The molecule has 0 aliphatic carbocycles. The van der Waals surface area contributed by atoms with Crippen LogP contribution in [0.1, 0.15) is 57.3 Å². The van der Waals surface area contributed by atoms with Crippen LogP contribution in [0.2, 0.25) is 0 Å². The number of hydrogen-bond acceptors (Lipinski definition) is 6. The largest absolute Gasteiger partial charge is 0.382 e. The molecule has 9 nitrogen and oxygen atoms in total. The number of amides is 2. The summed E-state index contributed by atoms with van der Waals surface area (Å²) in [6.45, 7) is 5.57. The molecule has 2 aliphatic rings. The zero-order valence-electron chi connectivity index (χ0n) is 17.4. The van der Waals surface area contributed by atoms with Gasteiger partial charge in [0, 0.05) is 35.7 Å². The maximum absolute atomic E-state index is 15.9. The lowest BCUT2D eigenvalue weighted by molar-refractivity contribution is 0.0687. The number of anilines is 1. The average Bonchev–Trinajstić information content (AvgIpc) is 3.34. The third kappa shape index (κ3) is 3.22.